The van der Waals surface area contributed by atoms with Crippen molar-refractivity contribution in [3.8, 4) is 5.75 Å². The number of esters is 1. The number of hydrogen-bond donors (Lipinski definition) is 0. The van der Waals surface area contributed by atoms with E-state index in [0.29, 0.717) is 29.0 Å². The van der Waals surface area contributed by atoms with Crippen LogP contribution in [0.1, 0.15) is 36.6 Å². The summed E-state index contributed by atoms with van der Waals surface area (Å²) in [5, 5.41) is 0. The maximum Gasteiger partial charge on any atom is 0.338 e. The number of carbonyl (C=O) groups is 3. The quantitative estimate of drug-likeness (QED) is 0.446. The molecule has 0 spiro atoms. The van der Waals surface area contributed by atoms with Gasteiger partial charge in [0.25, 0.3) is 11.8 Å². The van der Waals surface area contributed by atoms with Gasteiger partial charge in [-0.05, 0) is 35.9 Å². The van der Waals surface area contributed by atoms with E-state index in [1.807, 2.05) is 30.3 Å². The van der Waals surface area contributed by atoms with Gasteiger partial charge in [-0.25, -0.2) is 4.79 Å². The Morgan fingerprint density at radius 1 is 0.800 bits per heavy atom. The van der Waals surface area contributed by atoms with Crippen LogP contribution in [0, 0.1) is 0 Å². The lowest BCUT2D eigenvalue weighted by Crippen LogP contribution is -2.33. The number of fused-ring (bicyclic) bond motifs is 1. The van der Waals surface area contributed by atoms with Crippen LogP contribution in [0.25, 0.3) is 0 Å². The lowest BCUT2D eigenvalue weighted by Gasteiger charge is -2.14. The van der Waals surface area contributed by atoms with Gasteiger partial charge in [-0.1, -0.05) is 48.5 Å². The second kappa shape index (κ2) is 8.61. The summed E-state index contributed by atoms with van der Waals surface area (Å²) in [5.74, 6) is -0.740. The molecule has 30 heavy (non-hydrogen) atoms. The van der Waals surface area contributed by atoms with Crippen molar-refractivity contribution < 1.29 is 23.9 Å². The highest BCUT2D eigenvalue weighted by atomic mass is 16.5. The monoisotopic (exact) mass is 401 g/mol. The number of benzene rings is 3. The summed E-state index contributed by atoms with van der Waals surface area (Å²) in [5.41, 5.74) is 2.10. The van der Waals surface area contributed by atoms with Gasteiger partial charge in [-0.15, -0.1) is 0 Å². The smallest absolute Gasteiger partial charge is 0.338 e. The number of nitrogens with zero attached hydrogens (tertiary/aromatic N) is 1. The van der Waals surface area contributed by atoms with Gasteiger partial charge in [-0.3, -0.25) is 14.5 Å². The van der Waals surface area contributed by atoms with E-state index in [0.717, 1.165) is 10.5 Å². The van der Waals surface area contributed by atoms with Gasteiger partial charge in [0.15, 0.2) is 0 Å². The molecule has 3 aromatic rings. The summed E-state index contributed by atoms with van der Waals surface area (Å²) in [7, 11) is 0. The Morgan fingerprint density at radius 2 is 1.47 bits per heavy atom. The predicted molar refractivity (Wildman–Crippen MR) is 109 cm³/mol. The van der Waals surface area contributed by atoms with E-state index < -0.39 is 5.97 Å². The molecule has 0 radical (unpaired) electrons. The minimum atomic E-state index is -0.545. The van der Waals surface area contributed by atoms with E-state index in [1.54, 1.807) is 48.5 Å². The van der Waals surface area contributed by atoms with E-state index in [9.17, 15) is 14.4 Å². The molecule has 0 aliphatic carbocycles. The predicted octanol–water partition coefficient (Wildman–Crippen LogP) is 3.72. The number of ether oxygens (including phenoxy) is 2. The molecular weight excluding hydrogens is 382 g/mol. The van der Waals surface area contributed by atoms with Gasteiger partial charge in [0.2, 0.25) is 0 Å². The summed E-state index contributed by atoms with van der Waals surface area (Å²) in [6.45, 7) is 0.306. The van der Waals surface area contributed by atoms with Crippen LogP contribution >= 0.6 is 0 Å². The fourth-order valence-corrected chi connectivity index (χ4v) is 3.21. The highest BCUT2D eigenvalue weighted by Gasteiger charge is 2.34. The number of imide groups is 1. The van der Waals surface area contributed by atoms with Crippen LogP contribution in [-0.2, 0) is 11.3 Å². The van der Waals surface area contributed by atoms with Crippen LogP contribution in [0.2, 0.25) is 0 Å². The van der Waals surface area contributed by atoms with Crippen molar-refractivity contribution in [1.29, 1.82) is 0 Å². The Morgan fingerprint density at radius 3 is 2.17 bits per heavy atom. The first-order valence-electron chi connectivity index (χ1n) is 9.52. The normalized spacial score (nSPS) is 12.6. The Hall–Kier alpha value is -3.93. The molecule has 0 unspecified atom stereocenters. The molecule has 2 amide bonds. The van der Waals surface area contributed by atoms with Gasteiger partial charge in [-0.2, -0.15) is 0 Å². The zero-order chi connectivity index (χ0) is 20.9. The molecule has 4 rings (SSSR count). The second-order valence-corrected chi connectivity index (χ2v) is 6.75. The third-order valence-electron chi connectivity index (χ3n) is 4.74. The molecule has 1 aliphatic heterocycles. The average molecular weight is 401 g/mol. The van der Waals surface area contributed by atoms with Gasteiger partial charge in [0.05, 0.1) is 23.2 Å². The van der Waals surface area contributed by atoms with E-state index in [1.165, 1.54) is 0 Å². The Bertz CT molecular complexity index is 1060. The second-order valence-electron chi connectivity index (χ2n) is 6.75. The average Bonchev–Trinajstić information content (AvgIpc) is 3.03. The molecular formula is C24H19NO5. The molecule has 1 heterocycles. The van der Waals surface area contributed by atoms with E-state index in [2.05, 4.69) is 0 Å². The van der Waals surface area contributed by atoms with Crippen LogP contribution in [0.5, 0.6) is 5.75 Å². The summed E-state index contributed by atoms with van der Waals surface area (Å²) < 4.78 is 11.0. The summed E-state index contributed by atoms with van der Waals surface area (Å²) in [6.07, 6.45) is 0. The first-order valence-corrected chi connectivity index (χ1v) is 9.52. The molecule has 1 aliphatic rings. The molecule has 6 heteroatoms. The van der Waals surface area contributed by atoms with Crippen molar-refractivity contribution in [2.75, 3.05) is 13.2 Å². The van der Waals surface area contributed by atoms with Gasteiger partial charge >= 0.3 is 5.97 Å². The topological polar surface area (TPSA) is 72.9 Å². The Labute approximate surface area is 173 Å². The third kappa shape index (κ3) is 4.07. The molecule has 0 bridgehead atoms. The van der Waals surface area contributed by atoms with Crippen LogP contribution in [0.4, 0.5) is 0 Å². The summed E-state index contributed by atoms with van der Waals surface area (Å²) in [6, 6.07) is 23.1. The molecule has 0 saturated heterocycles. The maximum atomic E-state index is 12.4. The van der Waals surface area contributed by atoms with Crippen molar-refractivity contribution in [3.63, 3.8) is 0 Å². The van der Waals surface area contributed by atoms with Crippen molar-refractivity contribution >= 4 is 17.8 Å². The van der Waals surface area contributed by atoms with Gasteiger partial charge in [0.1, 0.15) is 19.0 Å². The molecule has 0 fully saturated rings. The SMILES string of the molecule is O=C(OCCN1C(=O)c2ccccc2C1=O)c1cccc(OCc2ccccc2)c1. The lowest BCUT2D eigenvalue weighted by atomic mass is 10.1. The molecule has 0 saturated carbocycles. The molecule has 3 aromatic carbocycles. The Balaban J connectivity index is 1.31. The van der Waals surface area contributed by atoms with Gasteiger partial charge < -0.3 is 9.47 Å². The zero-order valence-corrected chi connectivity index (χ0v) is 16.1. The fraction of sp³-hybridized carbons (Fsp3) is 0.125. The molecule has 0 aromatic heterocycles. The minimum absolute atomic E-state index is 0.00227. The van der Waals surface area contributed by atoms with Crippen molar-refractivity contribution in [2.24, 2.45) is 0 Å². The van der Waals surface area contributed by atoms with Crippen LogP contribution < -0.4 is 4.74 Å². The third-order valence-corrected chi connectivity index (χ3v) is 4.74. The standard InChI is InChI=1S/C24H19NO5/c26-22-20-11-4-5-12-21(20)23(27)25(22)13-14-29-24(28)18-9-6-10-19(15-18)30-16-17-7-2-1-3-8-17/h1-12,15H,13-14,16H2. The molecule has 150 valence electrons. The number of hydrogen-bond acceptors (Lipinski definition) is 5. The largest absolute Gasteiger partial charge is 0.489 e. The van der Waals surface area contributed by atoms with Gasteiger partial charge in [0, 0.05) is 0 Å². The lowest BCUT2D eigenvalue weighted by molar-refractivity contribution is 0.0420. The molecule has 0 N–H and O–H groups in total. The Kier molecular flexibility index (Phi) is 5.57. The highest BCUT2D eigenvalue weighted by Crippen LogP contribution is 2.22. The van der Waals surface area contributed by atoms with E-state index >= 15 is 0 Å². The van der Waals surface area contributed by atoms with E-state index in [-0.39, 0.29) is 25.0 Å². The van der Waals surface area contributed by atoms with Crippen molar-refractivity contribution in [1.82, 2.24) is 4.90 Å². The first kappa shape index (κ1) is 19.4. The highest BCUT2D eigenvalue weighted by molar-refractivity contribution is 6.21. The number of amides is 2. The number of rotatable bonds is 7. The zero-order valence-electron chi connectivity index (χ0n) is 16.1. The van der Waals surface area contributed by atoms with Crippen LogP contribution in [0.15, 0.2) is 78.9 Å². The van der Waals surface area contributed by atoms with Crippen LogP contribution in [-0.4, -0.2) is 35.8 Å². The summed E-state index contributed by atoms with van der Waals surface area (Å²) >= 11 is 0. The van der Waals surface area contributed by atoms with Crippen molar-refractivity contribution in [3.05, 3.63) is 101 Å². The van der Waals surface area contributed by atoms with Crippen LogP contribution in [0.3, 0.4) is 0 Å². The fourth-order valence-electron chi connectivity index (χ4n) is 3.21. The van der Waals surface area contributed by atoms with Crippen molar-refractivity contribution in [2.45, 2.75) is 6.61 Å². The first-order chi connectivity index (χ1) is 14.6. The summed E-state index contributed by atoms with van der Waals surface area (Å²) in [4.78, 5) is 38.1. The number of carbonyl (C=O) groups excluding carboxylic acids is 3. The minimum Gasteiger partial charge on any atom is -0.489 e. The maximum absolute atomic E-state index is 12.4. The molecule has 0 atom stereocenters. The molecule has 6 nitrogen and oxygen atoms in total. The van der Waals surface area contributed by atoms with E-state index in [4.69, 9.17) is 9.47 Å².